The predicted molar refractivity (Wildman–Crippen MR) is 154 cm³/mol. The molecule has 208 valence electrons. The van der Waals surface area contributed by atoms with Gasteiger partial charge in [0.25, 0.3) is 0 Å². The summed E-state index contributed by atoms with van der Waals surface area (Å²) in [5, 5.41) is 13.6. The van der Waals surface area contributed by atoms with E-state index in [4.69, 9.17) is 14.2 Å². The van der Waals surface area contributed by atoms with Crippen LogP contribution in [0.4, 0.5) is 0 Å². The minimum Gasteiger partial charge on any atom is -0.504 e. The summed E-state index contributed by atoms with van der Waals surface area (Å²) in [5.41, 5.74) is 3.60. The summed E-state index contributed by atoms with van der Waals surface area (Å²) in [6.45, 7) is 3.63. The standard InChI is InChI=1S/C35H39NO4/c1-38-35-14-13-33(18-26(35)21-39-20-25-7-4-6-23-5-2-3-8-27(23)25)29-17-24-11-12-28(37)31-30(24)34(33,32(35)40-31)15-16-36(29)19-22-9-10-22/h2-8,11-12,22,26,29,32,37H,9-10,13-21H2,1H3/t26-,29?,32-,33-,34?,35-/m1/s1. The van der Waals surface area contributed by atoms with Gasteiger partial charge >= 0.3 is 0 Å². The maximum Gasteiger partial charge on any atom is 0.165 e. The Bertz CT molecular complexity index is 1510. The Morgan fingerprint density at radius 3 is 2.77 bits per heavy atom. The maximum atomic E-state index is 11.1. The van der Waals surface area contributed by atoms with Crippen LogP contribution in [0.3, 0.4) is 0 Å². The highest BCUT2D eigenvalue weighted by Crippen LogP contribution is 2.76. The zero-order chi connectivity index (χ0) is 26.7. The van der Waals surface area contributed by atoms with Crippen LogP contribution in [-0.2, 0) is 27.9 Å². The Hall–Kier alpha value is -2.60. The van der Waals surface area contributed by atoms with Gasteiger partial charge in [0, 0.05) is 42.0 Å². The summed E-state index contributed by atoms with van der Waals surface area (Å²) >= 11 is 0. The van der Waals surface area contributed by atoms with E-state index in [9.17, 15) is 5.11 Å². The van der Waals surface area contributed by atoms with Crippen molar-refractivity contribution in [1.29, 1.82) is 0 Å². The third-order valence-corrected chi connectivity index (χ3v) is 12.3. The summed E-state index contributed by atoms with van der Waals surface area (Å²) in [5.74, 6) is 2.18. The van der Waals surface area contributed by atoms with Crippen LogP contribution in [0.5, 0.6) is 11.5 Å². The van der Waals surface area contributed by atoms with Crippen molar-refractivity contribution in [1.82, 2.24) is 4.90 Å². The first-order valence-corrected chi connectivity index (χ1v) is 15.5. The van der Waals surface area contributed by atoms with Crippen molar-refractivity contribution in [3.63, 3.8) is 0 Å². The molecule has 2 unspecified atom stereocenters. The first-order valence-electron chi connectivity index (χ1n) is 15.5. The zero-order valence-corrected chi connectivity index (χ0v) is 23.4. The molecule has 0 aromatic heterocycles. The first kappa shape index (κ1) is 24.0. The van der Waals surface area contributed by atoms with E-state index in [0.29, 0.717) is 25.0 Å². The highest BCUT2D eigenvalue weighted by Gasteiger charge is 2.80. The fraction of sp³-hybridized carbons (Fsp3) is 0.543. The molecule has 5 aliphatic carbocycles. The van der Waals surface area contributed by atoms with E-state index in [1.807, 2.05) is 13.2 Å². The second-order valence-electron chi connectivity index (χ2n) is 13.7. The van der Waals surface area contributed by atoms with Crippen LogP contribution >= 0.6 is 0 Å². The minimum atomic E-state index is -0.413. The van der Waals surface area contributed by atoms with Crippen molar-refractivity contribution < 1.29 is 19.3 Å². The van der Waals surface area contributed by atoms with Crippen LogP contribution in [0.1, 0.15) is 55.2 Å². The van der Waals surface area contributed by atoms with Gasteiger partial charge in [0.15, 0.2) is 11.5 Å². The topological polar surface area (TPSA) is 51.2 Å². The molecule has 10 rings (SSSR count). The smallest absolute Gasteiger partial charge is 0.165 e. The largest absolute Gasteiger partial charge is 0.504 e. The Kier molecular flexibility index (Phi) is 4.95. The normalized spacial score (nSPS) is 37.0. The molecule has 1 N–H and O–H groups in total. The van der Waals surface area contributed by atoms with E-state index in [0.717, 1.165) is 43.9 Å². The van der Waals surface area contributed by atoms with E-state index < -0.39 is 5.60 Å². The number of likely N-dealkylation sites (tertiary alicyclic amines) is 1. The van der Waals surface area contributed by atoms with Crippen molar-refractivity contribution in [2.45, 2.75) is 74.7 Å². The molecular weight excluding hydrogens is 498 g/mol. The molecule has 0 amide bonds. The van der Waals surface area contributed by atoms with E-state index >= 15 is 0 Å². The molecule has 1 saturated heterocycles. The average Bonchev–Trinajstić information content (AvgIpc) is 3.72. The number of nitrogens with zero attached hydrogens (tertiary/aromatic N) is 1. The molecule has 40 heavy (non-hydrogen) atoms. The molecule has 0 radical (unpaired) electrons. The Morgan fingerprint density at radius 1 is 1.02 bits per heavy atom. The SMILES string of the molecule is CO[C@]12CC[C@@]3(C[C@@H]1COCc1cccc4ccccc14)C1Cc4ccc(O)c5c4C3(CCN1CC1CC1)[C@H]2O5. The van der Waals surface area contributed by atoms with Crippen LogP contribution in [0.15, 0.2) is 54.6 Å². The molecule has 2 heterocycles. The van der Waals surface area contributed by atoms with Gasteiger partial charge in [-0.15, -0.1) is 0 Å². The number of piperidine rings is 1. The fourth-order valence-corrected chi connectivity index (χ4v) is 10.5. The average molecular weight is 538 g/mol. The van der Waals surface area contributed by atoms with Gasteiger partial charge < -0.3 is 19.3 Å². The summed E-state index contributed by atoms with van der Waals surface area (Å²) in [6, 6.07) is 19.6. The number of phenols is 1. The Balaban J connectivity index is 1.10. The van der Waals surface area contributed by atoms with Crippen molar-refractivity contribution in [3.8, 4) is 11.5 Å². The van der Waals surface area contributed by atoms with Gasteiger partial charge in [-0.3, -0.25) is 4.90 Å². The highest BCUT2D eigenvalue weighted by atomic mass is 16.6. The van der Waals surface area contributed by atoms with Gasteiger partial charge in [-0.2, -0.15) is 0 Å². The summed E-state index contributed by atoms with van der Waals surface area (Å²) in [6.07, 6.45) is 8.13. The minimum absolute atomic E-state index is 0.0772. The lowest BCUT2D eigenvalue weighted by Gasteiger charge is -2.74. The molecular formula is C35H39NO4. The molecule has 4 bridgehead atoms. The molecule has 3 aromatic carbocycles. The number of benzene rings is 3. The molecule has 7 aliphatic rings. The number of ether oxygens (including phenoxy) is 3. The number of methoxy groups -OCH3 is 1. The van der Waals surface area contributed by atoms with E-state index in [1.165, 1.54) is 53.3 Å². The zero-order valence-electron chi connectivity index (χ0n) is 23.4. The lowest BCUT2D eigenvalue weighted by molar-refractivity contribution is -0.283. The van der Waals surface area contributed by atoms with Crippen LogP contribution in [-0.4, -0.2) is 54.6 Å². The monoisotopic (exact) mass is 537 g/mol. The van der Waals surface area contributed by atoms with E-state index in [-0.39, 0.29) is 22.9 Å². The lowest BCUT2D eigenvalue weighted by Crippen LogP contribution is -2.81. The van der Waals surface area contributed by atoms with Gasteiger partial charge in [-0.25, -0.2) is 0 Å². The van der Waals surface area contributed by atoms with E-state index in [2.05, 4.69) is 53.4 Å². The lowest BCUT2D eigenvalue weighted by atomic mass is 9.35. The van der Waals surface area contributed by atoms with Crippen LogP contribution in [0.2, 0.25) is 0 Å². The van der Waals surface area contributed by atoms with Crippen molar-refractivity contribution in [3.05, 3.63) is 71.3 Å². The highest BCUT2D eigenvalue weighted by molar-refractivity contribution is 5.85. The molecule has 2 spiro atoms. The second kappa shape index (κ2) is 8.24. The Labute approximate surface area is 236 Å². The molecule has 6 atom stereocenters. The number of aromatic hydroxyl groups is 1. The Morgan fingerprint density at radius 2 is 1.90 bits per heavy atom. The molecule has 3 aromatic rings. The molecule has 4 saturated carbocycles. The number of phenolic OH excluding ortho intramolecular Hbond substituents is 1. The van der Waals surface area contributed by atoms with Gasteiger partial charge in [-0.1, -0.05) is 48.5 Å². The number of rotatable bonds is 7. The summed E-state index contributed by atoms with van der Waals surface area (Å²) in [4.78, 5) is 2.87. The van der Waals surface area contributed by atoms with Gasteiger partial charge in [0.2, 0.25) is 0 Å². The second-order valence-corrected chi connectivity index (χ2v) is 13.7. The molecule has 5 fully saturated rings. The van der Waals surface area contributed by atoms with Crippen molar-refractivity contribution in [2.75, 3.05) is 26.8 Å². The fourth-order valence-electron chi connectivity index (χ4n) is 10.5. The number of fused-ring (bicyclic) bond motifs is 3. The van der Waals surface area contributed by atoms with Crippen LogP contribution in [0.25, 0.3) is 10.8 Å². The molecule has 2 aliphatic heterocycles. The van der Waals surface area contributed by atoms with Gasteiger partial charge in [0.1, 0.15) is 11.7 Å². The van der Waals surface area contributed by atoms with Crippen LogP contribution < -0.4 is 4.74 Å². The molecule has 5 nitrogen and oxygen atoms in total. The number of hydrogen-bond donors (Lipinski definition) is 1. The van der Waals surface area contributed by atoms with E-state index in [1.54, 1.807) is 0 Å². The predicted octanol–water partition coefficient (Wildman–Crippen LogP) is 5.99. The third kappa shape index (κ3) is 2.89. The van der Waals surface area contributed by atoms with Crippen LogP contribution in [0, 0.1) is 17.3 Å². The maximum absolute atomic E-state index is 11.1. The van der Waals surface area contributed by atoms with Crippen molar-refractivity contribution in [2.24, 2.45) is 17.3 Å². The summed E-state index contributed by atoms with van der Waals surface area (Å²) in [7, 11) is 1.89. The van der Waals surface area contributed by atoms with Gasteiger partial charge in [0.05, 0.1) is 13.2 Å². The van der Waals surface area contributed by atoms with Crippen molar-refractivity contribution >= 4 is 10.8 Å². The quantitative estimate of drug-likeness (QED) is 0.402. The first-order chi connectivity index (χ1) is 19.6. The third-order valence-electron chi connectivity index (χ3n) is 12.3. The van der Waals surface area contributed by atoms with Gasteiger partial charge in [-0.05, 0) is 85.4 Å². The number of hydrogen-bond acceptors (Lipinski definition) is 5. The molecule has 5 heteroatoms. The summed E-state index contributed by atoms with van der Waals surface area (Å²) < 4.78 is 20.2.